The lowest BCUT2D eigenvalue weighted by Crippen LogP contribution is -2.43. The van der Waals surface area contributed by atoms with E-state index in [2.05, 4.69) is 48.5 Å². The van der Waals surface area contributed by atoms with Gasteiger partial charge in [0, 0.05) is 61.2 Å². The molecule has 14 heteroatoms. The molecule has 322 valence electrons. The van der Waals surface area contributed by atoms with Crippen molar-refractivity contribution in [3.05, 3.63) is 93.0 Å². The zero-order valence-corrected chi connectivity index (χ0v) is 34.7. The average Bonchev–Trinajstić information content (AvgIpc) is 3.67. The summed E-state index contributed by atoms with van der Waals surface area (Å²) in [6.45, 7) is 5.22. The standard InChI is InChI=1S/C45H58O14/c1-48-13-15-52-17-19-54-21-23-56-25-27-58-43(46)45(44(47)59-28-26-57-24-22-55-20-18-53-16-14-49-2)29-35-36(30-45)42(51-4)40-38-33-11-7-5-9-31(33)37(39(40)41(35)50-3)32-10-6-8-12-34(32)38/h5-12,37-38H,13-30H2,1-4H3. The Morgan fingerprint density at radius 2 is 0.746 bits per heavy atom. The first-order valence-electron chi connectivity index (χ1n) is 20.3. The summed E-state index contributed by atoms with van der Waals surface area (Å²) in [6, 6.07) is 16.9. The first kappa shape index (κ1) is 44.4. The minimum atomic E-state index is -1.70. The smallest absolute Gasteiger partial charge is 0.324 e. The third kappa shape index (κ3) is 10.1. The highest BCUT2D eigenvalue weighted by Crippen LogP contribution is 2.63. The number of hydrogen-bond acceptors (Lipinski definition) is 14. The largest absolute Gasteiger partial charge is 0.496 e. The fourth-order valence-electron chi connectivity index (χ4n) is 8.36. The SMILES string of the molecule is COCCOCCOCCOCCOC(=O)C1(C(=O)OCCOCCOCCOCCOC)Cc2c(c(OC)c3c(c2OC)C2c4ccccc4C3c3ccccc32)C1. The van der Waals surface area contributed by atoms with Crippen LogP contribution in [0.15, 0.2) is 48.5 Å². The molecule has 0 heterocycles. The van der Waals surface area contributed by atoms with Gasteiger partial charge in [-0.25, -0.2) is 0 Å². The molecule has 0 saturated heterocycles. The zero-order chi connectivity index (χ0) is 41.5. The van der Waals surface area contributed by atoms with Crippen molar-refractivity contribution in [3.63, 3.8) is 0 Å². The number of esters is 2. The van der Waals surface area contributed by atoms with E-state index < -0.39 is 17.4 Å². The molecule has 0 aromatic heterocycles. The van der Waals surface area contributed by atoms with Gasteiger partial charge in [0.2, 0.25) is 0 Å². The van der Waals surface area contributed by atoms with Gasteiger partial charge in [-0.15, -0.1) is 0 Å². The van der Waals surface area contributed by atoms with Gasteiger partial charge in [0.05, 0.1) is 107 Å². The summed E-state index contributed by atoms with van der Waals surface area (Å²) in [5.74, 6) is -0.358. The summed E-state index contributed by atoms with van der Waals surface area (Å²) >= 11 is 0. The Kier molecular flexibility index (Phi) is 16.9. The number of carbonyl (C=O) groups excluding carboxylic acids is 2. The first-order valence-corrected chi connectivity index (χ1v) is 20.3. The van der Waals surface area contributed by atoms with Gasteiger partial charge >= 0.3 is 11.9 Å². The summed E-state index contributed by atoms with van der Waals surface area (Å²) < 4.78 is 67.4. The number of methoxy groups -OCH3 is 4. The summed E-state index contributed by atoms with van der Waals surface area (Å²) in [5, 5.41) is 0. The Hall–Kier alpha value is -4.12. The molecule has 0 unspecified atom stereocenters. The lowest BCUT2D eigenvalue weighted by molar-refractivity contribution is -0.173. The number of hydrogen-bond donors (Lipinski definition) is 0. The molecule has 0 amide bonds. The van der Waals surface area contributed by atoms with E-state index in [-0.39, 0.29) is 51.1 Å². The van der Waals surface area contributed by atoms with E-state index in [1.165, 1.54) is 22.3 Å². The molecule has 0 saturated carbocycles. The fourth-order valence-corrected chi connectivity index (χ4v) is 8.36. The molecule has 59 heavy (non-hydrogen) atoms. The topological polar surface area (TPSA) is 145 Å². The minimum absolute atomic E-state index is 0.00971. The van der Waals surface area contributed by atoms with Crippen molar-refractivity contribution in [2.45, 2.75) is 24.7 Å². The molecule has 0 aliphatic heterocycles. The van der Waals surface area contributed by atoms with Gasteiger partial charge in [-0.05, 0) is 22.3 Å². The first-order chi connectivity index (χ1) is 29.0. The van der Waals surface area contributed by atoms with Crippen molar-refractivity contribution in [1.29, 1.82) is 0 Å². The van der Waals surface area contributed by atoms with Crippen LogP contribution in [-0.4, -0.2) is 146 Å². The normalized spacial score (nSPS) is 16.5. The highest BCUT2D eigenvalue weighted by molar-refractivity contribution is 6.02. The van der Waals surface area contributed by atoms with E-state index in [9.17, 15) is 9.59 Å². The third-order valence-electron chi connectivity index (χ3n) is 10.9. The van der Waals surface area contributed by atoms with Gasteiger partial charge in [-0.2, -0.15) is 0 Å². The van der Waals surface area contributed by atoms with Crippen LogP contribution in [-0.2, 0) is 69.8 Å². The zero-order valence-electron chi connectivity index (χ0n) is 34.7. The molecule has 4 aliphatic rings. The van der Waals surface area contributed by atoms with Gasteiger partial charge in [0.15, 0.2) is 5.41 Å². The molecule has 0 fully saturated rings. The fraction of sp³-hybridized carbons (Fsp3) is 0.556. The molecule has 14 nitrogen and oxygen atoms in total. The summed E-state index contributed by atoms with van der Waals surface area (Å²) in [4.78, 5) is 28.6. The number of fused-ring (bicyclic) bond motifs is 1. The van der Waals surface area contributed by atoms with E-state index in [1.807, 2.05) is 0 Å². The summed E-state index contributed by atoms with van der Waals surface area (Å²) in [5.41, 5.74) is 6.57. The van der Waals surface area contributed by atoms with Crippen molar-refractivity contribution in [2.75, 3.05) is 134 Å². The molecule has 4 aliphatic carbocycles. The van der Waals surface area contributed by atoms with Crippen molar-refractivity contribution in [1.82, 2.24) is 0 Å². The quantitative estimate of drug-likeness (QED) is 0.0403. The Balaban J connectivity index is 1.16. The van der Waals surface area contributed by atoms with Crippen molar-refractivity contribution >= 4 is 11.9 Å². The van der Waals surface area contributed by atoms with Crippen LogP contribution < -0.4 is 9.47 Å². The van der Waals surface area contributed by atoms with E-state index in [1.54, 1.807) is 28.4 Å². The predicted octanol–water partition coefficient (Wildman–Crippen LogP) is 4.25. The van der Waals surface area contributed by atoms with Crippen LogP contribution in [0.1, 0.15) is 56.3 Å². The number of benzene rings is 3. The van der Waals surface area contributed by atoms with E-state index in [0.717, 1.165) is 22.3 Å². The maximum atomic E-state index is 14.3. The van der Waals surface area contributed by atoms with Crippen LogP contribution in [0.5, 0.6) is 11.5 Å². The van der Waals surface area contributed by atoms with Crippen LogP contribution in [0.4, 0.5) is 0 Å². The van der Waals surface area contributed by atoms with Crippen LogP contribution in [0, 0.1) is 5.41 Å². The molecule has 7 rings (SSSR count). The van der Waals surface area contributed by atoms with E-state index >= 15 is 0 Å². The van der Waals surface area contributed by atoms with E-state index in [0.29, 0.717) is 90.8 Å². The van der Waals surface area contributed by atoms with Crippen molar-refractivity contribution in [3.8, 4) is 11.5 Å². The molecule has 0 radical (unpaired) electrons. The van der Waals surface area contributed by atoms with Gasteiger partial charge in [0.1, 0.15) is 24.7 Å². The van der Waals surface area contributed by atoms with Gasteiger partial charge < -0.3 is 56.8 Å². The van der Waals surface area contributed by atoms with Gasteiger partial charge in [0.25, 0.3) is 0 Å². The van der Waals surface area contributed by atoms with Crippen LogP contribution in [0.3, 0.4) is 0 Å². The van der Waals surface area contributed by atoms with Crippen LogP contribution in [0.25, 0.3) is 0 Å². The molecular formula is C45H58O14. The Morgan fingerprint density at radius 3 is 1.03 bits per heavy atom. The Labute approximate surface area is 346 Å². The Bertz CT molecular complexity index is 1650. The highest BCUT2D eigenvalue weighted by atomic mass is 16.6. The average molecular weight is 823 g/mol. The second kappa shape index (κ2) is 22.5. The van der Waals surface area contributed by atoms with Gasteiger partial charge in [-0.1, -0.05) is 48.5 Å². The van der Waals surface area contributed by atoms with E-state index in [4.69, 9.17) is 56.8 Å². The van der Waals surface area contributed by atoms with Crippen LogP contribution >= 0.6 is 0 Å². The van der Waals surface area contributed by atoms with Crippen molar-refractivity contribution in [2.24, 2.45) is 5.41 Å². The second-order valence-electron chi connectivity index (χ2n) is 14.3. The molecule has 0 spiro atoms. The molecule has 3 aromatic rings. The lowest BCUT2D eigenvalue weighted by atomic mass is 9.60. The maximum absolute atomic E-state index is 14.3. The maximum Gasteiger partial charge on any atom is 0.324 e. The number of rotatable bonds is 28. The molecule has 2 bridgehead atoms. The predicted molar refractivity (Wildman–Crippen MR) is 215 cm³/mol. The van der Waals surface area contributed by atoms with Gasteiger partial charge in [-0.3, -0.25) is 9.59 Å². The minimum Gasteiger partial charge on any atom is -0.496 e. The summed E-state index contributed by atoms with van der Waals surface area (Å²) in [6.07, 6.45) is 0.0194. The lowest BCUT2D eigenvalue weighted by Gasteiger charge is -2.44. The summed E-state index contributed by atoms with van der Waals surface area (Å²) in [7, 11) is 6.53. The molecule has 3 aromatic carbocycles. The molecule has 0 atom stereocenters. The number of carbonyl (C=O) groups is 2. The molecular weight excluding hydrogens is 764 g/mol. The Morgan fingerprint density at radius 1 is 0.458 bits per heavy atom. The monoisotopic (exact) mass is 822 g/mol. The second-order valence-corrected chi connectivity index (χ2v) is 14.3. The van der Waals surface area contributed by atoms with Crippen molar-refractivity contribution < 1.29 is 66.4 Å². The van der Waals surface area contributed by atoms with Crippen LogP contribution in [0.2, 0.25) is 0 Å². The third-order valence-corrected chi connectivity index (χ3v) is 10.9. The number of ether oxygens (including phenoxy) is 12. The highest BCUT2D eigenvalue weighted by Gasteiger charge is 2.57. The molecule has 0 N–H and O–H groups in total.